The van der Waals surface area contributed by atoms with E-state index < -0.39 is 18.0 Å². The van der Waals surface area contributed by atoms with Crippen molar-refractivity contribution in [2.45, 2.75) is 20.0 Å². The van der Waals surface area contributed by atoms with Crippen LogP contribution in [0.4, 0.5) is 5.69 Å². The number of halogens is 1. The largest absolute Gasteiger partial charge is 0.493 e. The average Bonchev–Trinajstić information content (AvgIpc) is 2.73. The van der Waals surface area contributed by atoms with Crippen molar-refractivity contribution in [2.75, 3.05) is 26.6 Å². The van der Waals surface area contributed by atoms with Gasteiger partial charge in [0, 0.05) is 16.8 Å². The number of carbonyl (C=O) groups is 2. The summed E-state index contributed by atoms with van der Waals surface area (Å²) in [7, 11) is 4.51. The fourth-order valence-electron chi connectivity index (χ4n) is 2.54. The van der Waals surface area contributed by atoms with Gasteiger partial charge in [0.1, 0.15) is 0 Å². The van der Waals surface area contributed by atoms with Crippen molar-refractivity contribution in [1.82, 2.24) is 0 Å². The predicted octanol–water partition coefficient (Wildman–Crippen LogP) is 4.26. The number of methoxy groups -OCH3 is 3. The van der Waals surface area contributed by atoms with E-state index in [9.17, 15) is 9.59 Å². The third-order valence-electron chi connectivity index (χ3n) is 4.20. The molecule has 0 aromatic heterocycles. The number of benzene rings is 2. The lowest BCUT2D eigenvalue weighted by Crippen LogP contribution is -2.29. The van der Waals surface area contributed by atoms with Crippen molar-refractivity contribution in [3.8, 4) is 17.2 Å². The highest BCUT2D eigenvalue weighted by atomic mass is 35.5. The molecule has 0 saturated carbocycles. The predicted molar refractivity (Wildman–Crippen MR) is 116 cm³/mol. The van der Waals surface area contributed by atoms with Crippen LogP contribution in [0.5, 0.6) is 17.2 Å². The third kappa shape index (κ3) is 5.90. The maximum absolute atomic E-state index is 12.3. The number of ether oxygens (including phenoxy) is 4. The first-order chi connectivity index (χ1) is 14.3. The minimum Gasteiger partial charge on any atom is -0.493 e. The van der Waals surface area contributed by atoms with Crippen LogP contribution < -0.4 is 19.5 Å². The van der Waals surface area contributed by atoms with Crippen molar-refractivity contribution in [2.24, 2.45) is 0 Å². The van der Waals surface area contributed by atoms with E-state index in [0.29, 0.717) is 33.5 Å². The van der Waals surface area contributed by atoms with Gasteiger partial charge < -0.3 is 24.3 Å². The second kappa shape index (κ2) is 10.5. The summed E-state index contributed by atoms with van der Waals surface area (Å²) >= 11 is 6.05. The standard InChI is InChI=1S/C22H24ClNO6/c1-13-6-8-16(12-17(13)23)24-22(26)14(2)30-20(25)9-7-15-10-18(27-3)21(29-5)19(11-15)28-4/h6-12,14H,1-5H3,(H,24,26). The fourth-order valence-corrected chi connectivity index (χ4v) is 2.72. The Morgan fingerprint density at radius 2 is 1.67 bits per heavy atom. The minimum absolute atomic E-state index is 0.446. The first kappa shape index (κ1) is 23.1. The smallest absolute Gasteiger partial charge is 0.331 e. The molecule has 1 unspecified atom stereocenters. The van der Waals surface area contributed by atoms with Crippen LogP contribution in [0.2, 0.25) is 5.02 Å². The van der Waals surface area contributed by atoms with Crippen LogP contribution in [0.15, 0.2) is 36.4 Å². The molecule has 0 bridgehead atoms. The molecule has 2 aromatic carbocycles. The zero-order valence-corrected chi connectivity index (χ0v) is 18.2. The molecule has 0 radical (unpaired) electrons. The van der Waals surface area contributed by atoms with Crippen LogP contribution in [0.1, 0.15) is 18.1 Å². The second-order valence-corrected chi connectivity index (χ2v) is 6.73. The Kier molecular flexibility index (Phi) is 8.12. The Morgan fingerprint density at radius 3 is 2.20 bits per heavy atom. The lowest BCUT2D eigenvalue weighted by molar-refractivity contribution is -0.148. The maximum atomic E-state index is 12.3. The van der Waals surface area contributed by atoms with Crippen LogP contribution in [-0.2, 0) is 14.3 Å². The molecule has 0 fully saturated rings. The zero-order valence-electron chi connectivity index (χ0n) is 17.4. The van der Waals surface area contributed by atoms with Crippen molar-refractivity contribution >= 4 is 35.2 Å². The number of carbonyl (C=O) groups excluding carboxylic acids is 2. The number of hydrogen-bond donors (Lipinski definition) is 1. The average molecular weight is 434 g/mol. The number of anilines is 1. The van der Waals surface area contributed by atoms with Gasteiger partial charge in [0.05, 0.1) is 21.3 Å². The van der Waals surface area contributed by atoms with Crippen LogP contribution in [-0.4, -0.2) is 39.3 Å². The molecule has 8 heteroatoms. The third-order valence-corrected chi connectivity index (χ3v) is 4.61. The molecule has 2 rings (SSSR count). The van der Waals surface area contributed by atoms with E-state index in [1.807, 2.05) is 6.92 Å². The SMILES string of the molecule is COc1cc(C=CC(=O)OC(C)C(=O)Nc2ccc(C)c(Cl)c2)cc(OC)c1OC. The van der Waals surface area contributed by atoms with E-state index in [1.165, 1.54) is 40.4 Å². The highest BCUT2D eigenvalue weighted by Gasteiger charge is 2.17. The van der Waals surface area contributed by atoms with Gasteiger partial charge in [0.25, 0.3) is 5.91 Å². The number of amides is 1. The molecular formula is C22H24ClNO6. The maximum Gasteiger partial charge on any atom is 0.331 e. The number of aryl methyl sites for hydroxylation is 1. The number of rotatable bonds is 8. The number of nitrogens with one attached hydrogen (secondary N) is 1. The Bertz CT molecular complexity index is 932. The molecule has 1 amide bonds. The van der Waals surface area contributed by atoms with Gasteiger partial charge in [-0.05, 0) is 55.3 Å². The molecule has 2 aromatic rings. The first-order valence-corrected chi connectivity index (χ1v) is 9.42. The number of hydrogen-bond acceptors (Lipinski definition) is 6. The molecule has 0 aliphatic carbocycles. The highest BCUT2D eigenvalue weighted by molar-refractivity contribution is 6.31. The van der Waals surface area contributed by atoms with E-state index in [-0.39, 0.29) is 0 Å². The topological polar surface area (TPSA) is 83.1 Å². The molecule has 0 spiro atoms. The lowest BCUT2D eigenvalue weighted by Gasteiger charge is -2.13. The summed E-state index contributed by atoms with van der Waals surface area (Å²) in [6, 6.07) is 8.51. The van der Waals surface area contributed by atoms with Gasteiger partial charge in [-0.15, -0.1) is 0 Å². The van der Waals surface area contributed by atoms with E-state index in [2.05, 4.69) is 5.32 Å². The lowest BCUT2D eigenvalue weighted by atomic mass is 10.1. The molecule has 1 atom stereocenters. The van der Waals surface area contributed by atoms with E-state index in [0.717, 1.165) is 5.56 Å². The Hall–Kier alpha value is -3.19. The summed E-state index contributed by atoms with van der Waals surface area (Å²) in [5.41, 5.74) is 2.05. The molecule has 0 aliphatic heterocycles. The first-order valence-electron chi connectivity index (χ1n) is 9.04. The van der Waals surface area contributed by atoms with E-state index >= 15 is 0 Å². The molecule has 0 saturated heterocycles. The van der Waals surface area contributed by atoms with Gasteiger partial charge in [0.15, 0.2) is 17.6 Å². The Morgan fingerprint density at radius 1 is 1.03 bits per heavy atom. The van der Waals surface area contributed by atoms with Gasteiger partial charge in [0.2, 0.25) is 5.75 Å². The molecule has 1 N–H and O–H groups in total. The summed E-state index contributed by atoms with van der Waals surface area (Å²) in [5, 5.41) is 3.19. The molecule has 7 nitrogen and oxygen atoms in total. The van der Waals surface area contributed by atoms with Crippen molar-refractivity contribution in [3.63, 3.8) is 0 Å². The second-order valence-electron chi connectivity index (χ2n) is 6.32. The van der Waals surface area contributed by atoms with Gasteiger partial charge >= 0.3 is 5.97 Å². The summed E-state index contributed by atoms with van der Waals surface area (Å²) in [6.07, 6.45) is 1.74. The van der Waals surface area contributed by atoms with Crippen molar-refractivity contribution in [1.29, 1.82) is 0 Å². The molecular weight excluding hydrogens is 410 g/mol. The van der Waals surface area contributed by atoms with E-state index in [1.54, 1.807) is 30.3 Å². The summed E-state index contributed by atoms with van der Waals surface area (Å²) in [4.78, 5) is 24.4. The number of esters is 1. The Labute approximate surface area is 180 Å². The van der Waals surface area contributed by atoms with Crippen LogP contribution in [0.3, 0.4) is 0 Å². The van der Waals surface area contributed by atoms with Gasteiger partial charge in [-0.2, -0.15) is 0 Å². The van der Waals surface area contributed by atoms with Crippen LogP contribution in [0.25, 0.3) is 6.08 Å². The normalized spacial score (nSPS) is 11.7. The van der Waals surface area contributed by atoms with Crippen LogP contribution in [0, 0.1) is 6.92 Å². The Balaban J connectivity index is 2.02. The van der Waals surface area contributed by atoms with Crippen molar-refractivity contribution < 1.29 is 28.5 Å². The fraction of sp³-hybridized carbons (Fsp3) is 0.273. The summed E-state index contributed by atoms with van der Waals surface area (Å²) in [6.45, 7) is 3.34. The zero-order chi connectivity index (χ0) is 22.3. The quantitative estimate of drug-likeness (QED) is 0.494. The minimum atomic E-state index is -0.998. The van der Waals surface area contributed by atoms with Gasteiger partial charge in [-0.3, -0.25) is 4.79 Å². The van der Waals surface area contributed by atoms with Gasteiger partial charge in [-0.25, -0.2) is 4.79 Å². The highest BCUT2D eigenvalue weighted by Crippen LogP contribution is 2.38. The molecule has 160 valence electrons. The molecule has 0 heterocycles. The summed E-state index contributed by atoms with van der Waals surface area (Å²) < 4.78 is 21.0. The van der Waals surface area contributed by atoms with Gasteiger partial charge in [-0.1, -0.05) is 17.7 Å². The summed E-state index contributed by atoms with van der Waals surface area (Å²) in [5.74, 6) is 0.211. The monoisotopic (exact) mass is 433 g/mol. The van der Waals surface area contributed by atoms with Crippen LogP contribution >= 0.6 is 11.6 Å². The molecule has 0 aliphatic rings. The van der Waals surface area contributed by atoms with Crippen molar-refractivity contribution in [3.05, 3.63) is 52.6 Å². The molecule has 30 heavy (non-hydrogen) atoms. The van der Waals surface area contributed by atoms with E-state index in [4.69, 9.17) is 30.5 Å².